The summed E-state index contributed by atoms with van der Waals surface area (Å²) in [5, 5.41) is 4.38. The third kappa shape index (κ3) is 6.86. The third-order valence-electron chi connectivity index (χ3n) is 11.3. The molecule has 0 aliphatic rings. The topological polar surface area (TPSA) is 77.3 Å². The van der Waals surface area contributed by atoms with Crippen molar-refractivity contribution in [1.29, 1.82) is 0 Å². The molecule has 6 heteroatoms. The zero-order chi connectivity index (χ0) is 40.7. The zero-order valence-corrected chi connectivity index (χ0v) is 33.2. The molecule has 7 aromatic carbocycles. The molecule has 11 aromatic rings. The van der Waals surface area contributed by atoms with Gasteiger partial charge < -0.3 is 0 Å². The first-order valence-electron chi connectivity index (χ1n) is 20.3. The average molecular weight is 781 g/mol. The second-order valence-electron chi connectivity index (χ2n) is 15.2. The fraction of sp³-hybridized carbons (Fsp3) is 0.0182. The van der Waals surface area contributed by atoms with Crippen molar-refractivity contribution in [3.8, 4) is 78.8 Å². The van der Waals surface area contributed by atoms with Crippen LogP contribution >= 0.6 is 0 Å². The van der Waals surface area contributed by atoms with Gasteiger partial charge in [-0.3, -0.25) is 9.97 Å². The molecule has 0 aliphatic heterocycles. The largest absolute Gasteiger partial charge is 0.264 e. The van der Waals surface area contributed by atoms with Gasteiger partial charge in [0.15, 0.2) is 17.5 Å². The van der Waals surface area contributed by atoms with E-state index in [2.05, 4.69) is 163 Å². The molecule has 61 heavy (non-hydrogen) atoms. The van der Waals surface area contributed by atoms with Crippen molar-refractivity contribution < 1.29 is 0 Å². The van der Waals surface area contributed by atoms with Crippen molar-refractivity contribution in [2.24, 2.45) is 0 Å². The Labute approximate surface area is 353 Å². The molecule has 0 atom stereocenters. The van der Waals surface area contributed by atoms with Crippen LogP contribution in [-0.4, -0.2) is 29.9 Å². The smallest absolute Gasteiger partial charge is 0.164 e. The minimum atomic E-state index is 0.599. The van der Waals surface area contributed by atoms with Gasteiger partial charge in [0, 0.05) is 56.5 Å². The second kappa shape index (κ2) is 15.2. The summed E-state index contributed by atoms with van der Waals surface area (Å²) in [5.41, 5.74) is 14.0. The van der Waals surface area contributed by atoms with Crippen molar-refractivity contribution >= 4 is 32.6 Å². The van der Waals surface area contributed by atoms with Gasteiger partial charge in [-0.2, -0.15) is 0 Å². The summed E-state index contributed by atoms with van der Waals surface area (Å²) >= 11 is 0. The van der Waals surface area contributed by atoms with E-state index in [9.17, 15) is 0 Å². The molecule has 0 unspecified atom stereocenters. The van der Waals surface area contributed by atoms with E-state index in [1.54, 1.807) is 0 Å². The number of rotatable bonds is 7. The molecule has 0 radical (unpaired) electrons. The fourth-order valence-corrected chi connectivity index (χ4v) is 8.22. The summed E-state index contributed by atoms with van der Waals surface area (Å²) in [7, 11) is 0. The van der Waals surface area contributed by atoms with Gasteiger partial charge in [-0.05, 0) is 82.1 Å². The highest BCUT2D eigenvalue weighted by molar-refractivity contribution is 6.09. The molecule has 4 aromatic heterocycles. The number of benzene rings is 7. The highest BCUT2D eigenvalue weighted by Crippen LogP contribution is 2.37. The number of aromatic nitrogens is 6. The minimum absolute atomic E-state index is 0.599. The normalized spacial score (nSPS) is 11.4. The third-order valence-corrected chi connectivity index (χ3v) is 11.3. The maximum Gasteiger partial charge on any atom is 0.164 e. The molecular formula is C55H36N6. The Bertz CT molecular complexity index is 3430. The highest BCUT2D eigenvalue weighted by atomic mass is 15.0. The van der Waals surface area contributed by atoms with E-state index < -0.39 is 0 Å². The average Bonchev–Trinajstić information content (AvgIpc) is 3.34. The van der Waals surface area contributed by atoms with Crippen molar-refractivity contribution in [2.75, 3.05) is 0 Å². The van der Waals surface area contributed by atoms with E-state index in [4.69, 9.17) is 24.9 Å². The van der Waals surface area contributed by atoms with Gasteiger partial charge in [-0.15, -0.1) is 0 Å². The van der Waals surface area contributed by atoms with Crippen LogP contribution in [0.1, 0.15) is 5.69 Å². The van der Waals surface area contributed by atoms with Crippen LogP contribution in [0.25, 0.3) is 111 Å². The van der Waals surface area contributed by atoms with Crippen molar-refractivity contribution in [3.05, 3.63) is 206 Å². The van der Waals surface area contributed by atoms with Gasteiger partial charge in [-0.1, -0.05) is 152 Å². The van der Waals surface area contributed by atoms with Gasteiger partial charge in [0.05, 0.1) is 16.7 Å². The molecule has 11 rings (SSSR count). The van der Waals surface area contributed by atoms with Gasteiger partial charge in [0.2, 0.25) is 0 Å². The Morgan fingerprint density at radius 1 is 0.328 bits per heavy atom. The van der Waals surface area contributed by atoms with E-state index >= 15 is 0 Å². The minimum Gasteiger partial charge on any atom is -0.264 e. The van der Waals surface area contributed by atoms with Crippen molar-refractivity contribution in [1.82, 2.24) is 29.9 Å². The predicted molar refractivity (Wildman–Crippen MR) is 249 cm³/mol. The molecule has 6 nitrogen and oxygen atoms in total. The van der Waals surface area contributed by atoms with Gasteiger partial charge in [0.25, 0.3) is 0 Å². The number of nitrogens with zero attached hydrogens (tertiary/aromatic N) is 6. The number of hydrogen-bond acceptors (Lipinski definition) is 6. The Hall–Kier alpha value is -8.22. The van der Waals surface area contributed by atoms with E-state index in [1.807, 2.05) is 49.6 Å². The first-order chi connectivity index (χ1) is 30.1. The van der Waals surface area contributed by atoms with E-state index in [0.717, 1.165) is 99.6 Å². The van der Waals surface area contributed by atoms with E-state index in [-0.39, 0.29) is 0 Å². The molecule has 4 heterocycles. The first-order valence-corrected chi connectivity index (χ1v) is 20.3. The number of fused-ring (bicyclic) bond motifs is 4. The molecule has 0 spiro atoms. The molecule has 0 aliphatic carbocycles. The maximum absolute atomic E-state index is 5.33. The summed E-state index contributed by atoms with van der Waals surface area (Å²) in [4.78, 5) is 29.9. The standard InChI is InChI=1S/C55H36N6/c1-35-24-25-37-26-27-48-49(36-12-4-2-5-13-36)33-50(58-52(48)51(37)57-35)42-19-8-16-39(30-42)40-17-9-20-43(31-40)54-59-53(38-14-6-3-7-15-38)60-55(61-54)44-21-10-18-41(32-44)46-23-11-22-45-34-56-29-28-47(45)46/h2-34H,1H3. The maximum atomic E-state index is 5.33. The lowest BCUT2D eigenvalue weighted by Gasteiger charge is -2.13. The zero-order valence-electron chi connectivity index (χ0n) is 33.2. The second-order valence-corrected chi connectivity index (χ2v) is 15.2. The molecule has 0 saturated heterocycles. The van der Waals surface area contributed by atoms with Crippen LogP contribution in [0.15, 0.2) is 200 Å². The summed E-state index contributed by atoms with van der Waals surface area (Å²) in [5.74, 6) is 1.82. The molecule has 0 N–H and O–H groups in total. The van der Waals surface area contributed by atoms with Crippen molar-refractivity contribution in [3.63, 3.8) is 0 Å². The Morgan fingerprint density at radius 3 is 1.64 bits per heavy atom. The van der Waals surface area contributed by atoms with Gasteiger partial charge in [-0.25, -0.2) is 19.9 Å². The lowest BCUT2D eigenvalue weighted by Crippen LogP contribution is -2.00. The summed E-state index contributed by atoms with van der Waals surface area (Å²) in [6.07, 6.45) is 3.74. The van der Waals surface area contributed by atoms with Gasteiger partial charge in [0.1, 0.15) is 0 Å². The Balaban J connectivity index is 1.02. The van der Waals surface area contributed by atoms with Gasteiger partial charge >= 0.3 is 0 Å². The molecule has 0 saturated carbocycles. The van der Waals surface area contributed by atoms with Crippen molar-refractivity contribution in [2.45, 2.75) is 6.92 Å². The summed E-state index contributed by atoms with van der Waals surface area (Å²) in [6, 6.07) is 65.2. The van der Waals surface area contributed by atoms with Crippen LogP contribution in [-0.2, 0) is 0 Å². The quantitative estimate of drug-likeness (QED) is 0.150. The van der Waals surface area contributed by atoms with Crippen LogP contribution in [0.2, 0.25) is 0 Å². The highest BCUT2D eigenvalue weighted by Gasteiger charge is 2.17. The number of aryl methyl sites for hydroxylation is 1. The lowest BCUT2D eigenvalue weighted by atomic mass is 9.95. The van der Waals surface area contributed by atoms with Crippen LogP contribution in [0, 0.1) is 6.92 Å². The predicted octanol–water partition coefficient (Wildman–Crippen LogP) is 13.5. The van der Waals surface area contributed by atoms with Crippen LogP contribution < -0.4 is 0 Å². The SMILES string of the molecule is Cc1ccc2ccc3c(-c4ccccc4)cc(-c4cccc(-c5cccc(-c6nc(-c7ccccc7)nc(-c7cccc(-c8cccc9cnccc89)c7)n6)c5)c4)nc3c2n1. The van der Waals surface area contributed by atoms with Crippen LogP contribution in [0.4, 0.5) is 0 Å². The van der Waals surface area contributed by atoms with E-state index in [0.29, 0.717) is 17.5 Å². The first kappa shape index (κ1) is 35.9. The van der Waals surface area contributed by atoms with E-state index in [1.165, 1.54) is 0 Å². The summed E-state index contributed by atoms with van der Waals surface area (Å²) in [6.45, 7) is 2.03. The molecule has 0 amide bonds. The Kier molecular flexibility index (Phi) is 8.94. The Morgan fingerprint density at radius 2 is 0.902 bits per heavy atom. The van der Waals surface area contributed by atoms with Crippen LogP contribution in [0.3, 0.4) is 0 Å². The summed E-state index contributed by atoms with van der Waals surface area (Å²) < 4.78 is 0. The lowest BCUT2D eigenvalue weighted by molar-refractivity contribution is 1.07. The monoisotopic (exact) mass is 780 g/mol. The van der Waals surface area contributed by atoms with Crippen LogP contribution in [0.5, 0.6) is 0 Å². The molecule has 286 valence electrons. The number of pyridine rings is 3. The molecular weight excluding hydrogens is 745 g/mol. The molecule has 0 fully saturated rings. The fourth-order valence-electron chi connectivity index (χ4n) is 8.22. The molecule has 0 bridgehead atoms. The number of hydrogen-bond donors (Lipinski definition) is 0.